The Hall–Kier alpha value is -1.34. The van der Waals surface area contributed by atoms with Gasteiger partial charge in [-0.3, -0.25) is 0 Å². The second-order valence-electron chi connectivity index (χ2n) is 6.89. The van der Waals surface area contributed by atoms with Crippen LogP contribution in [0.3, 0.4) is 0 Å². The number of hydrogen-bond acceptors (Lipinski definition) is 5. The number of ether oxygens (including phenoxy) is 1. The Morgan fingerprint density at radius 2 is 2.09 bits per heavy atom. The number of carbonyl (C=O) groups excluding carboxylic acids is 1. The van der Waals surface area contributed by atoms with Crippen LogP contribution in [0.2, 0.25) is 0 Å². The number of alkyl carbamates (subject to hydrolysis) is 1. The van der Waals surface area contributed by atoms with E-state index in [0.29, 0.717) is 25.9 Å². The average molecular weight is 386 g/mol. The smallest absolute Gasteiger partial charge is 0.408 e. The van der Waals surface area contributed by atoms with E-state index in [4.69, 9.17) is 4.74 Å². The highest BCUT2D eigenvalue weighted by atomic mass is 79.9. The Morgan fingerprint density at radius 1 is 1.43 bits per heavy atom. The SMILES string of the molecule is CC(C)(C)OC(=O)NC1(CO)CCN(c2ccc(Br)cn2)CC1. The molecule has 1 aromatic heterocycles. The second kappa shape index (κ2) is 7.05. The topological polar surface area (TPSA) is 74.7 Å². The Balaban J connectivity index is 1.96. The van der Waals surface area contributed by atoms with E-state index in [1.54, 1.807) is 6.20 Å². The lowest BCUT2D eigenvalue weighted by Gasteiger charge is -2.41. The Morgan fingerprint density at radius 3 is 2.57 bits per heavy atom. The molecule has 0 saturated carbocycles. The Labute approximate surface area is 145 Å². The number of aliphatic hydroxyl groups is 1. The van der Waals surface area contributed by atoms with Crippen molar-refractivity contribution in [1.82, 2.24) is 10.3 Å². The molecule has 0 aliphatic carbocycles. The van der Waals surface area contributed by atoms with Gasteiger partial charge in [-0.15, -0.1) is 0 Å². The van der Waals surface area contributed by atoms with Gasteiger partial charge in [0.05, 0.1) is 12.1 Å². The third-order valence-corrected chi connectivity index (χ3v) is 4.29. The molecule has 23 heavy (non-hydrogen) atoms. The summed E-state index contributed by atoms with van der Waals surface area (Å²) in [5.41, 5.74) is -1.18. The summed E-state index contributed by atoms with van der Waals surface area (Å²) >= 11 is 3.37. The Bertz CT molecular complexity index is 534. The van der Waals surface area contributed by atoms with Crippen molar-refractivity contribution in [1.29, 1.82) is 0 Å². The first kappa shape index (κ1) is 18.0. The average Bonchev–Trinajstić information content (AvgIpc) is 2.47. The van der Waals surface area contributed by atoms with Crippen LogP contribution in [0.5, 0.6) is 0 Å². The van der Waals surface area contributed by atoms with E-state index in [-0.39, 0.29) is 6.61 Å². The van der Waals surface area contributed by atoms with E-state index >= 15 is 0 Å². The number of halogens is 1. The maximum absolute atomic E-state index is 12.0. The minimum Gasteiger partial charge on any atom is -0.444 e. The molecule has 2 rings (SSSR count). The molecule has 0 aromatic carbocycles. The minimum atomic E-state index is -0.631. The molecule has 1 fully saturated rings. The minimum absolute atomic E-state index is 0.103. The fraction of sp³-hybridized carbons (Fsp3) is 0.625. The number of anilines is 1. The van der Waals surface area contributed by atoms with Crippen LogP contribution in [0, 0.1) is 0 Å². The zero-order valence-corrected chi connectivity index (χ0v) is 15.4. The number of aromatic nitrogens is 1. The maximum atomic E-state index is 12.0. The van der Waals surface area contributed by atoms with Gasteiger partial charge in [0.15, 0.2) is 0 Å². The zero-order chi connectivity index (χ0) is 17.1. The van der Waals surface area contributed by atoms with Crippen molar-refractivity contribution in [2.75, 3.05) is 24.6 Å². The number of pyridine rings is 1. The highest BCUT2D eigenvalue weighted by molar-refractivity contribution is 9.10. The fourth-order valence-electron chi connectivity index (χ4n) is 2.56. The first-order valence-corrected chi connectivity index (χ1v) is 8.51. The van der Waals surface area contributed by atoms with Gasteiger partial charge in [-0.25, -0.2) is 9.78 Å². The highest BCUT2D eigenvalue weighted by Gasteiger charge is 2.37. The number of carbonyl (C=O) groups is 1. The van der Waals surface area contributed by atoms with Gasteiger partial charge < -0.3 is 20.1 Å². The summed E-state index contributed by atoms with van der Waals surface area (Å²) in [6, 6.07) is 3.91. The number of hydrogen-bond donors (Lipinski definition) is 2. The third-order valence-electron chi connectivity index (χ3n) is 3.83. The van der Waals surface area contributed by atoms with Crippen LogP contribution in [0.25, 0.3) is 0 Å². The van der Waals surface area contributed by atoms with Crippen LogP contribution in [-0.2, 0) is 4.74 Å². The summed E-state index contributed by atoms with van der Waals surface area (Å²) < 4.78 is 6.24. The molecule has 0 spiro atoms. The second-order valence-corrected chi connectivity index (χ2v) is 7.80. The normalized spacial score (nSPS) is 17.7. The van der Waals surface area contributed by atoms with Crippen molar-refractivity contribution < 1.29 is 14.6 Å². The molecule has 1 aromatic rings. The molecule has 0 radical (unpaired) electrons. The quantitative estimate of drug-likeness (QED) is 0.836. The molecular weight excluding hydrogens is 362 g/mol. The number of nitrogens with zero attached hydrogens (tertiary/aromatic N) is 2. The number of amides is 1. The molecule has 2 N–H and O–H groups in total. The van der Waals surface area contributed by atoms with Gasteiger partial charge in [0, 0.05) is 23.8 Å². The predicted octanol–water partition coefficient (Wildman–Crippen LogP) is 2.70. The molecule has 7 heteroatoms. The van der Waals surface area contributed by atoms with Gasteiger partial charge >= 0.3 is 6.09 Å². The number of aliphatic hydroxyl groups excluding tert-OH is 1. The lowest BCUT2D eigenvalue weighted by Crippen LogP contribution is -2.58. The van der Waals surface area contributed by atoms with E-state index in [1.165, 1.54) is 0 Å². The molecule has 0 unspecified atom stereocenters. The largest absolute Gasteiger partial charge is 0.444 e. The van der Waals surface area contributed by atoms with Crippen molar-refractivity contribution in [3.8, 4) is 0 Å². The molecule has 1 aliphatic heterocycles. The van der Waals surface area contributed by atoms with Gasteiger partial charge in [-0.1, -0.05) is 0 Å². The lowest BCUT2D eigenvalue weighted by atomic mass is 9.88. The van der Waals surface area contributed by atoms with Crippen LogP contribution in [0.15, 0.2) is 22.8 Å². The number of piperidine rings is 1. The van der Waals surface area contributed by atoms with E-state index < -0.39 is 17.2 Å². The molecule has 0 atom stereocenters. The van der Waals surface area contributed by atoms with Crippen LogP contribution in [0.1, 0.15) is 33.6 Å². The third kappa shape index (κ3) is 5.07. The van der Waals surface area contributed by atoms with E-state index in [0.717, 1.165) is 10.3 Å². The molecule has 2 heterocycles. The van der Waals surface area contributed by atoms with Gasteiger partial charge in [-0.2, -0.15) is 0 Å². The van der Waals surface area contributed by atoms with Crippen molar-refractivity contribution in [2.45, 2.75) is 44.8 Å². The molecule has 128 valence electrons. The zero-order valence-electron chi connectivity index (χ0n) is 13.8. The molecule has 1 saturated heterocycles. The van der Waals surface area contributed by atoms with Crippen LogP contribution in [0.4, 0.5) is 10.6 Å². The maximum Gasteiger partial charge on any atom is 0.408 e. The van der Waals surface area contributed by atoms with E-state index in [1.807, 2.05) is 32.9 Å². The standard InChI is InChI=1S/C16H24BrN3O3/c1-15(2,3)23-14(22)19-16(11-21)6-8-20(9-7-16)13-5-4-12(17)10-18-13/h4-5,10,21H,6-9,11H2,1-3H3,(H,19,22). The van der Waals surface area contributed by atoms with Gasteiger partial charge in [0.2, 0.25) is 0 Å². The summed E-state index contributed by atoms with van der Waals surface area (Å²) in [6.45, 7) is 6.78. The van der Waals surface area contributed by atoms with Crippen molar-refractivity contribution in [3.63, 3.8) is 0 Å². The van der Waals surface area contributed by atoms with Gasteiger partial charge in [0.1, 0.15) is 11.4 Å². The summed E-state index contributed by atoms with van der Waals surface area (Å²) in [7, 11) is 0. The summed E-state index contributed by atoms with van der Waals surface area (Å²) in [5.74, 6) is 0.900. The first-order valence-electron chi connectivity index (χ1n) is 7.72. The number of rotatable bonds is 3. The number of nitrogens with one attached hydrogen (secondary N) is 1. The van der Waals surface area contributed by atoms with Crippen LogP contribution < -0.4 is 10.2 Å². The predicted molar refractivity (Wildman–Crippen MR) is 92.6 cm³/mol. The summed E-state index contributed by atoms with van der Waals surface area (Å²) in [6.07, 6.45) is 2.56. The summed E-state index contributed by atoms with van der Waals surface area (Å²) in [4.78, 5) is 18.5. The fourth-order valence-corrected chi connectivity index (χ4v) is 2.80. The lowest BCUT2D eigenvalue weighted by molar-refractivity contribution is 0.0364. The van der Waals surface area contributed by atoms with E-state index in [2.05, 4.69) is 31.1 Å². The molecule has 1 amide bonds. The molecule has 0 bridgehead atoms. The van der Waals surface area contributed by atoms with Gasteiger partial charge in [0.25, 0.3) is 0 Å². The van der Waals surface area contributed by atoms with E-state index in [9.17, 15) is 9.90 Å². The van der Waals surface area contributed by atoms with Gasteiger partial charge in [-0.05, 0) is 61.7 Å². The van der Waals surface area contributed by atoms with Crippen molar-refractivity contribution in [2.24, 2.45) is 0 Å². The van der Waals surface area contributed by atoms with Crippen molar-refractivity contribution in [3.05, 3.63) is 22.8 Å². The first-order chi connectivity index (χ1) is 10.7. The summed E-state index contributed by atoms with van der Waals surface area (Å²) in [5, 5.41) is 12.6. The van der Waals surface area contributed by atoms with Crippen LogP contribution in [-0.4, -0.2) is 47.0 Å². The monoisotopic (exact) mass is 385 g/mol. The van der Waals surface area contributed by atoms with Crippen LogP contribution >= 0.6 is 15.9 Å². The molecular formula is C16H24BrN3O3. The Kier molecular flexibility index (Phi) is 5.52. The molecule has 6 nitrogen and oxygen atoms in total. The molecule has 1 aliphatic rings. The highest BCUT2D eigenvalue weighted by Crippen LogP contribution is 2.26. The van der Waals surface area contributed by atoms with Crippen molar-refractivity contribution >= 4 is 27.8 Å².